The van der Waals surface area contributed by atoms with Crippen LogP contribution in [0.2, 0.25) is 5.02 Å². The zero-order valence-corrected chi connectivity index (χ0v) is 64.4. The van der Waals surface area contributed by atoms with Crippen LogP contribution >= 0.6 is 34.7 Å². The quantitative estimate of drug-likeness (QED) is 0.0226. The second-order valence-electron chi connectivity index (χ2n) is 30.4. The van der Waals surface area contributed by atoms with Gasteiger partial charge in [0, 0.05) is 123 Å². The third-order valence-corrected chi connectivity index (χ3v) is 27.0. The molecule has 5 fully saturated rings. The zero-order chi connectivity index (χ0) is 75.5. The molecule has 1 saturated carbocycles. The number of aromatic nitrogens is 1. The van der Waals surface area contributed by atoms with E-state index in [1.54, 1.807) is 29.0 Å². The van der Waals surface area contributed by atoms with E-state index in [1.807, 2.05) is 111 Å². The highest BCUT2D eigenvalue weighted by Gasteiger charge is 2.50. The number of aryl methyl sites for hydroxylation is 1. The second kappa shape index (κ2) is 32.8. The van der Waals surface area contributed by atoms with Crippen LogP contribution in [-0.2, 0) is 39.0 Å². The summed E-state index contributed by atoms with van der Waals surface area (Å²) < 4.78 is 101. The summed E-state index contributed by atoms with van der Waals surface area (Å²) in [7, 11) is -11.1. The Morgan fingerprint density at radius 3 is 2.13 bits per heavy atom. The molecule has 568 valence electrons. The van der Waals surface area contributed by atoms with Crippen LogP contribution in [-0.4, -0.2) is 183 Å². The molecule has 5 aromatic carbocycles. The molecule has 28 heteroatoms. The zero-order valence-electron chi connectivity index (χ0n) is 60.4. The highest BCUT2D eigenvalue weighted by molar-refractivity contribution is 7.99. The number of unbranched alkanes of at least 4 members (excludes halogenated alkanes) is 2. The Bertz CT molecular complexity index is 4440. The number of piperazine rings is 2. The lowest BCUT2D eigenvalue weighted by atomic mass is 9.79. The Morgan fingerprint density at radius 1 is 0.783 bits per heavy atom. The third kappa shape index (κ3) is 18.7. The monoisotopic (exact) mass is 1550 g/mol. The van der Waals surface area contributed by atoms with Gasteiger partial charge in [-0.05, 0) is 171 Å². The minimum atomic E-state index is -6.18. The number of thioether (sulfide) groups is 1. The molecule has 4 saturated heterocycles. The molecular weight excluding hydrogens is 1460 g/mol. The van der Waals surface area contributed by atoms with Crippen molar-refractivity contribution in [2.45, 2.75) is 181 Å². The van der Waals surface area contributed by atoms with Gasteiger partial charge in [-0.2, -0.15) is 13.2 Å². The van der Waals surface area contributed by atoms with Crippen LogP contribution < -0.4 is 25.6 Å². The third-order valence-electron chi connectivity index (χ3n) is 21.8. The van der Waals surface area contributed by atoms with Gasteiger partial charge < -0.3 is 35.8 Å². The number of likely N-dealkylation sites (tertiary alicyclic amines) is 3. The molecule has 0 unspecified atom stereocenters. The van der Waals surface area contributed by atoms with E-state index in [9.17, 15) is 59.1 Å². The first-order valence-electron chi connectivity index (χ1n) is 36.5. The predicted molar refractivity (Wildman–Crippen MR) is 407 cm³/mol. The number of thiazole rings is 1. The summed E-state index contributed by atoms with van der Waals surface area (Å²) in [5.41, 5.74) is 2.93. The lowest BCUT2D eigenvalue weighted by Crippen LogP contribution is -2.57. The number of alkyl halides is 3. The molecule has 5 amide bonds. The normalized spacial score (nSPS) is 20.7. The molecule has 20 nitrogen and oxygen atoms in total. The lowest BCUT2D eigenvalue weighted by molar-refractivity contribution is -0.144. The van der Waals surface area contributed by atoms with E-state index >= 15 is 0 Å². The number of nitrogens with one attached hydrogen (secondary N) is 4. The van der Waals surface area contributed by atoms with E-state index in [4.69, 9.17) is 11.6 Å². The van der Waals surface area contributed by atoms with E-state index in [0.29, 0.717) is 68.2 Å². The number of nitrogens with zero attached hydrogens (tertiary/aromatic N) is 6. The molecule has 1 spiro atoms. The number of β-amino-alcohol motifs (C(OH)–C–C–N with tert-alkyl or cyclic N) is 1. The Hall–Kier alpha value is -7.37. The molecule has 2 bridgehead atoms. The number of carbonyl (C=O) groups excluding carboxylic acids is 5. The number of anilines is 2. The molecule has 6 aliphatic rings. The highest BCUT2D eigenvalue weighted by Crippen LogP contribution is 2.59. The number of aliphatic hydroxyl groups is 1. The van der Waals surface area contributed by atoms with Crippen LogP contribution in [0.15, 0.2) is 147 Å². The van der Waals surface area contributed by atoms with Crippen molar-refractivity contribution in [2.24, 2.45) is 10.8 Å². The number of sulfonamides is 1. The summed E-state index contributed by atoms with van der Waals surface area (Å²) in [4.78, 5) is 83.3. The average molecular weight is 1550 g/mol. The standard InChI is InChI=1S/C78H94ClF3N10O10S4/c1-50(52-16-18-54(19-17-52)71-51(2)83-49-104-71)84-74(97)67-41-62(93)47-92(67)75(98)72(76(3,4)5)86-69(94)14-10-7-11-15-70(95)91-46-60-40-61(91)45-90(60)35-31-58(48-103-63-12-8-6-9-13-63)85-66-29-28-64(42-68(66)105(99,100)78(80,81)82)106(101,102)87-73(96)55-22-26-59(27-23-55)89-38-36-88(37-39-89)44-56-43-77(33-34-77)32-30-65(56)53-20-24-57(79)25-21-53/h6,8-9,12-13,16-29,42,49-50,58,60-62,67,72,85,93H,7,10-11,14-15,30-41,43-48H2,1-5H3,(H,84,97)(H,86,94)(H,87,96)/t50-,58+,60-,61-,62+,67-,72+/m0/s1. The number of benzene rings is 5. The summed E-state index contributed by atoms with van der Waals surface area (Å²) in [5, 5.41) is 20.5. The maximum atomic E-state index is 14.6. The summed E-state index contributed by atoms with van der Waals surface area (Å²) in [6.07, 6.45) is 7.94. The van der Waals surface area contributed by atoms with E-state index in [-0.39, 0.29) is 61.0 Å². The lowest BCUT2D eigenvalue weighted by Gasteiger charge is -2.38. The molecule has 5 heterocycles. The van der Waals surface area contributed by atoms with E-state index in [1.165, 1.54) is 64.8 Å². The Balaban J connectivity index is 0.612. The van der Waals surface area contributed by atoms with Crippen LogP contribution in [0.4, 0.5) is 24.5 Å². The van der Waals surface area contributed by atoms with Gasteiger partial charge in [0.15, 0.2) is 0 Å². The van der Waals surface area contributed by atoms with E-state index in [0.717, 1.165) is 90.0 Å². The van der Waals surface area contributed by atoms with Crippen molar-refractivity contribution >= 4 is 101 Å². The molecule has 7 atom stereocenters. The van der Waals surface area contributed by atoms with Gasteiger partial charge in [-0.3, -0.25) is 33.8 Å². The van der Waals surface area contributed by atoms with E-state index < -0.39 is 94.3 Å². The summed E-state index contributed by atoms with van der Waals surface area (Å²) in [5.74, 6) is -2.03. The van der Waals surface area contributed by atoms with Gasteiger partial charge in [0.05, 0.1) is 38.8 Å². The molecule has 4 aliphatic heterocycles. The van der Waals surface area contributed by atoms with E-state index in [2.05, 4.69) is 47.8 Å². The summed E-state index contributed by atoms with van der Waals surface area (Å²) >= 11 is 9.19. The Kier molecular flexibility index (Phi) is 24.2. The Morgan fingerprint density at radius 2 is 1.48 bits per heavy atom. The number of carbonyl (C=O) groups is 5. The van der Waals surface area contributed by atoms with Gasteiger partial charge in [-0.1, -0.05) is 99.0 Å². The van der Waals surface area contributed by atoms with Crippen molar-refractivity contribution in [1.29, 1.82) is 0 Å². The molecule has 12 rings (SSSR count). The van der Waals surface area contributed by atoms with Crippen LogP contribution in [0.3, 0.4) is 0 Å². The van der Waals surface area contributed by atoms with Gasteiger partial charge in [-0.25, -0.2) is 26.5 Å². The topological polar surface area (TPSA) is 251 Å². The van der Waals surface area contributed by atoms with Crippen molar-refractivity contribution < 1.29 is 59.1 Å². The number of rotatable bonds is 28. The van der Waals surface area contributed by atoms with Crippen LogP contribution in [0.5, 0.6) is 0 Å². The van der Waals surface area contributed by atoms with Crippen molar-refractivity contribution in [3.63, 3.8) is 0 Å². The second-order valence-corrected chi connectivity index (χ2v) is 36.4. The minimum Gasteiger partial charge on any atom is -0.391 e. The summed E-state index contributed by atoms with van der Waals surface area (Å²) in [6.45, 7) is 14.6. The Labute approximate surface area is 632 Å². The molecule has 0 radical (unpaired) electrons. The first-order valence-corrected chi connectivity index (χ1v) is 41.8. The number of hydrogen-bond acceptors (Lipinski definition) is 17. The predicted octanol–water partition coefficient (Wildman–Crippen LogP) is 12.3. The number of hydrogen-bond donors (Lipinski definition) is 5. The van der Waals surface area contributed by atoms with Gasteiger partial charge in [0.25, 0.3) is 25.8 Å². The number of allylic oxidation sites excluding steroid dienone is 1. The van der Waals surface area contributed by atoms with Crippen LogP contribution in [0, 0.1) is 17.8 Å². The fraction of sp³-hybridized carbons (Fsp3) is 0.487. The number of aliphatic hydroxyl groups excluding tert-OH is 1. The summed E-state index contributed by atoms with van der Waals surface area (Å²) in [6, 6.07) is 30.9. The molecule has 106 heavy (non-hydrogen) atoms. The van der Waals surface area contributed by atoms with Crippen molar-refractivity contribution in [3.8, 4) is 10.4 Å². The van der Waals surface area contributed by atoms with Gasteiger partial charge >= 0.3 is 5.51 Å². The largest absolute Gasteiger partial charge is 0.501 e. The van der Waals surface area contributed by atoms with Crippen molar-refractivity contribution in [2.75, 3.05) is 74.9 Å². The molecule has 2 aliphatic carbocycles. The van der Waals surface area contributed by atoms with Crippen LogP contribution in [0.25, 0.3) is 16.0 Å². The van der Waals surface area contributed by atoms with Gasteiger partial charge in [0.1, 0.15) is 17.0 Å². The van der Waals surface area contributed by atoms with Crippen LogP contribution in [0.1, 0.15) is 144 Å². The highest BCUT2D eigenvalue weighted by atomic mass is 35.5. The SMILES string of the molecule is Cc1ncsc1-c1ccc([C@H](C)NC(=O)[C@@H]2C[C@@H](O)CN2C(=O)[C@@H](NC(=O)CCCCCC(=O)N2C[C@@H]3C[C@H]2CN3CC[C@H](CSc2ccccc2)Nc2ccc(S(=O)(=O)NC(=O)c3ccc(N4CCN(CC5=C(c6ccc(Cl)cc6)CCC6(CC6)C5)CC4)cc3)cc2S(=O)(=O)C(F)(F)F)C(C)(C)C)cc1. The fourth-order valence-electron chi connectivity index (χ4n) is 15.5. The first kappa shape index (κ1) is 78.2. The molecule has 5 N–H and O–H groups in total. The maximum absolute atomic E-state index is 14.6. The number of sulfone groups is 1. The number of fused-ring (bicyclic) bond motifs is 2. The molecular formula is C78H94ClF3N10O10S4. The van der Waals surface area contributed by atoms with Crippen molar-refractivity contribution in [1.82, 2.24) is 39.9 Å². The fourth-order valence-corrected chi connectivity index (χ4v) is 19.5. The van der Waals surface area contributed by atoms with Gasteiger partial charge in [0.2, 0.25) is 23.6 Å². The molecule has 6 aromatic rings. The first-order chi connectivity index (χ1) is 50.4. The average Bonchev–Trinajstić information content (AvgIpc) is 1.29. The smallest absolute Gasteiger partial charge is 0.391 e. The number of amides is 5. The maximum Gasteiger partial charge on any atom is 0.501 e. The molecule has 1 aromatic heterocycles. The number of halogens is 4. The van der Waals surface area contributed by atoms with Crippen molar-refractivity contribution in [3.05, 3.63) is 160 Å². The van der Waals surface area contributed by atoms with Gasteiger partial charge in [-0.15, -0.1) is 23.1 Å². The minimum absolute atomic E-state index is 0.0150.